The molecule has 24 heavy (non-hydrogen) atoms. The lowest BCUT2D eigenvalue weighted by Gasteiger charge is -2.14. The van der Waals surface area contributed by atoms with Gasteiger partial charge < -0.3 is 9.47 Å². The molecule has 0 fully saturated rings. The van der Waals surface area contributed by atoms with E-state index in [1.54, 1.807) is 13.2 Å². The predicted octanol–water partition coefficient (Wildman–Crippen LogP) is 4.60. The quantitative estimate of drug-likeness (QED) is 0.404. The summed E-state index contributed by atoms with van der Waals surface area (Å²) < 4.78 is 10.9. The number of benzene rings is 2. The molecule has 0 saturated heterocycles. The Kier molecular flexibility index (Phi) is 6.62. The van der Waals surface area contributed by atoms with E-state index < -0.39 is 0 Å². The maximum absolute atomic E-state index is 12.3. The summed E-state index contributed by atoms with van der Waals surface area (Å²) in [6.45, 7) is 5.62. The van der Waals surface area contributed by atoms with Crippen LogP contribution in [0.1, 0.15) is 24.5 Å². The molecule has 0 saturated carbocycles. The monoisotopic (exact) mass is 324 g/mol. The van der Waals surface area contributed by atoms with E-state index in [4.69, 9.17) is 9.47 Å². The van der Waals surface area contributed by atoms with Crippen molar-refractivity contribution < 1.29 is 14.3 Å². The zero-order valence-electron chi connectivity index (χ0n) is 14.3. The highest BCUT2D eigenvalue weighted by molar-refractivity contribution is 5.75. The molecule has 3 heteroatoms. The molecular formula is C21H24O3. The second-order valence-electron chi connectivity index (χ2n) is 5.82. The Bertz CT molecular complexity index is 677. The van der Waals surface area contributed by atoms with Gasteiger partial charge in [-0.3, -0.25) is 4.79 Å². The van der Waals surface area contributed by atoms with Gasteiger partial charge in [0.25, 0.3) is 0 Å². The van der Waals surface area contributed by atoms with E-state index in [1.165, 1.54) is 5.56 Å². The molecule has 0 bridgehead atoms. The summed E-state index contributed by atoms with van der Waals surface area (Å²) in [5.74, 6) is 0.614. The zero-order chi connectivity index (χ0) is 17.4. The Hall–Kier alpha value is -2.55. The third kappa shape index (κ3) is 4.98. The summed E-state index contributed by atoms with van der Waals surface area (Å²) in [7, 11) is 1.57. The Labute approximate surface area is 143 Å². The minimum Gasteiger partial charge on any atom is -0.493 e. The van der Waals surface area contributed by atoms with Gasteiger partial charge in [0, 0.05) is 0 Å². The van der Waals surface area contributed by atoms with Gasteiger partial charge in [-0.2, -0.15) is 0 Å². The Morgan fingerprint density at radius 3 is 2.54 bits per heavy atom. The summed E-state index contributed by atoms with van der Waals surface area (Å²) in [5, 5.41) is 0. The number of rotatable bonds is 8. The fourth-order valence-corrected chi connectivity index (χ4v) is 2.44. The molecule has 0 aliphatic carbocycles. The fraction of sp³-hybridized carbons (Fsp3) is 0.286. The van der Waals surface area contributed by atoms with Crippen LogP contribution < -0.4 is 9.47 Å². The number of hydrogen-bond acceptors (Lipinski definition) is 3. The maximum atomic E-state index is 12.3. The van der Waals surface area contributed by atoms with Crippen molar-refractivity contribution in [3.63, 3.8) is 0 Å². The van der Waals surface area contributed by atoms with E-state index in [9.17, 15) is 4.79 Å². The Morgan fingerprint density at radius 2 is 1.88 bits per heavy atom. The lowest BCUT2D eigenvalue weighted by Crippen LogP contribution is -2.18. The minimum atomic E-state index is -0.235. The molecule has 0 aromatic heterocycles. The zero-order valence-corrected chi connectivity index (χ0v) is 14.3. The fourth-order valence-electron chi connectivity index (χ4n) is 2.44. The SMILES string of the molecule is C=CCc1ccc(OC(=O)C(C)CCc2ccccc2)c(OC)c1. The molecule has 126 valence electrons. The van der Waals surface area contributed by atoms with E-state index in [0.717, 1.165) is 24.8 Å². The largest absolute Gasteiger partial charge is 0.493 e. The van der Waals surface area contributed by atoms with Crippen LogP contribution in [-0.2, 0) is 17.6 Å². The highest BCUT2D eigenvalue weighted by atomic mass is 16.6. The van der Waals surface area contributed by atoms with Crippen LogP contribution in [0.3, 0.4) is 0 Å². The smallest absolute Gasteiger partial charge is 0.314 e. The van der Waals surface area contributed by atoms with Crippen LogP contribution in [0, 0.1) is 5.92 Å². The summed E-state index contributed by atoms with van der Waals surface area (Å²) in [6, 6.07) is 15.7. The Balaban J connectivity index is 1.96. The number of carbonyl (C=O) groups excluding carboxylic acids is 1. The number of carbonyl (C=O) groups is 1. The van der Waals surface area contributed by atoms with Crippen LogP contribution in [0.2, 0.25) is 0 Å². The van der Waals surface area contributed by atoms with E-state index in [-0.39, 0.29) is 11.9 Å². The van der Waals surface area contributed by atoms with E-state index >= 15 is 0 Å². The highest BCUT2D eigenvalue weighted by Crippen LogP contribution is 2.29. The summed E-state index contributed by atoms with van der Waals surface area (Å²) >= 11 is 0. The Morgan fingerprint density at radius 1 is 1.12 bits per heavy atom. The molecular weight excluding hydrogens is 300 g/mol. The van der Waals surface area contributed by atoms with Crippen molar-refractivity contribution in [2.75, 3.05) is 7.11 Å². The number of aryl methyl sites for hydroxylation is 1. The third-order valence-corrected chi connectivity index (χ3v) is 3.93. The third-order valence-electron chi connectivity index (χ3n) is 3.93. The number of hydrogen-bond donors (Lipinski definition) is 0. The van der Waals surface area contributed by atoms with Crippen LogP contribution in [0.4, 0.5) is 0 Å². The average Bonchev–Trinajstić information content (AvgIpc) is 2.62. The van der Waals surface area contributed by atoms with Gasteiger partial charge in [0.1, 0.15) is 0 Å². The molecule has 0 amide bonds. The lowest BCUT2D eigenvalue weighted by atomic mass is 10.0. The molecule has 2 aromatic rings. The second kappa shape index (κ2) is 8.92. The van der Waals surface area contributed by atoms with E-state index in [2.05, 4.69) is 18.7 Å². The average molecular weight is 324 g/mol. The molecule has 2 aromatic carbocycles. The van der Waals surface area contributed by atoms with Crippen LogP contribution in [0.15, 0.2) is 61.2 Å². The number of allylic oxidation sites excluding steroid dienone is 1. The van der Waals surface area contributed by atoms with Gasteiger partial charge in [0.15, 0.2) is 11.5 Å². The van der Waals surface area contributed by atoms with Gasteiger partial charge in [-0.05, 0) is 42.5 Å². The van der Waals surface area contributed by atoms with Gasteiger partial charge in [0.2, 0.25) is 0 Å². The predicted molar refractivity (Wildman–Crippen MR) is 96.5 cm³/mol. The van der Waals surface area contributed by atoms with Crippen LogP contribution >= 0.6 is 0 Å². The molecule has 0 aliphatic heterocycles. The van der Waals surface area contributed by atoms with Gasteiger partial charge in [0.05, 0.1) is 13.0 Å². The first-order valence-corrected chi connectivity index (χ1v) is 8.17. The van der Waals surface area contributed by atoms with Crippen molar-refractivity contribution in [3.05, 3.63) is 72.3 Å². The first-order chi connectivity index (χ1) is 11.6. The normalized spacial score (nSPS) is 11.6. The van der Waals surface area contributed by atoms with Gasteiger partial charge in [-0.1, -0.05) is 49.4 Å². The molecule has 3 nitrogen and oxygen atoms in total. The number of esters is 1. The van der Waals surface area contributed by atoms with Crippen molar-refractivity contribution in [1.82, 2.24) is 0 Å². The molecule has 0 radical (unpaired) electrons. The number of ether oxygens (including phenoxy) is 2. The van der Waals surface area contributed by atoms with Crippen molar-refractivity contribution in [2.45, 2.75) is 26.2 Å². The summed E-state index contributed by atoms with van der Waals surface area (Å²) in [4.78, 5) is 12.3. The second-order valence-corrected chi connectivity index (χ2v) is 5.82. The molecule has 0 N–H and O–H groups in total. The van der Waals surface area contributed by atoms with E-state index in [1.807, 2.05) is 43.3 Å². The van der Waals surface area contributed by atoms with Crippen LogP contribution in [-0.4, -0.2) is 13.1 Å². The minimum absolute atomic E-state index is 0.178. The van der Waals surface area contributed by atoms with Crippen LogP contribution in [0.25, 0.3) is 0 Å². The van der Waals surface area contributed by atoms with Gasteiger partial charge in [-0.15, -0.1) is 6.58 Å². The van der Waals surface area contributed by atoms with Crippen molar-refractivity contribution in [1.29, 1.82) is 0 Å². The van der Waals surface area contributed by atoms with Crippen molar-refractivity contribution in [2.24, 2.45) is 5.92 Å². The molecule has 0 spiro atoms. The highest BCUT2D eigenvalue weighted by Gasteiger charge is 2.17. The summed E-state index contributed by atoms with van der Waals surface area (Å²) in [6.07, 6.45) is 4.18. The first kappa shape index (κ1) is 17.8. The van der Waals surface area contributed by atoms with Gasteiger partial charge in [-0.25, -0.2) is 0 Å². The van der Waals surface area contributed by atoms with E-state index in [0.29, 0.717) is 11.5 Å². The topological polar surface area (TPSA) is 35.5 Å². The summed E-state index contributed by atoms with van der Waals surface area (Å²) in [5.41, 5.74) is 2.29. The maximum Gasteiger partial charge on any atom is 0.314 e. The van der Waals surface area contributed by atoms with Crippen LogP contribution in [0.5, 0.6) is 11.5 Å². The molecule has 0 aliphatic rings. The molecule has 1 atom stereocenters. The standard InChI is InChI=1S/C21H24O3/c1-4-8-18-13-14-19(20(15-18)23-3)24-21(22)16(2)11-12-17-9-6-5-7-10-17/h4-7,9-10,13-16H,1,8,11-12H2,2-3H3. The molecule has 2 rings (SSSR count). The molecule has 0 heterocycles. The molecule has 1 unspecified atom stereocenters. The lowest BCUT2D eigenvalue weighted by molar-refractivity contribution is -0.138. The van der Waals surface area contributed by atoms with Crippen molar-refractivity contribution in [3.8, 4) is 11.5 Å². The van der Waals surface area contributed by atoms with Gasteiger partial charge >= 0.3 is 5.97 Å². The van der Waals surface area contributed by atoms with Crippen molar-refractivity contribution >= 4 is 5.97 Å². The first-order valence-electron chi connectivity index (χ1n) is 8.17. The number of methoxy groups -OCH3 is 1.